The third-order valence-electron chi connectivity index (χ3n) is 4.67. The number of nitrogens with two attached hydrogens (primary N) is 1. The lowest BCUT2D eigenvalue weighted by atomic mass is 9.97. The molecule has 0 saturated carbocycles. The smallest absolute Gasteiger partial charge is 0.410 e. The molecule has 0 atom stereocenters. The molecule has 1 fully saturated rings. The fourth-order valence-corrected chi connectivity index (χ4v) is 3.17. The zero-order valence-electron chi connectivity index (χ0n) is 15.3. The van der Waals surface area contributed by atoms with Gasteiger partial charge in [0.2, 0.25) is 0 Å². The van der Waals surface area contributed by atoms with E-state index in [1.807, 2.05) is 30.3 Å². The van der Waals surface area contributed by atoms with Crippen molar-refractivity contribution in [1.29, 1.82) is 0 Å². The molecule has 2 aromatic rings. The van der Waals surface area contributed by atoms with Crippen LogP contribution in [0.1, 0.15) is 28.8 Å². The third kappa shape index (κ3) is 5.32. The van der Waals surface area contributed by atoms with Gasteiger partial charge in [-0.25, -0.2) is 4.79 Å². The number of hydrogen-bond acceptors (Lipinski definition) is 6. The average molecular weight is 404 g/mol. The monoisotopic (exact) mass is 403 g/mol. The highest BCUT2D eigenvalue weighted by Crippen LogP contribution is 2.18. The molecule has 1 saturated heterocycles. The SMILES string of the molecule is Nc1nnc(Cl)cc1C(=O)NCC1CCN(C(=O)OCc2ccccc2)CC1. The Morgan fingerprint density at radius 2 is 1.93 bits per heavy atom. The van der Waals surface area contributed by atoms with E-state index in [4.69, 9.17) is 22.1 Å². The van der Waals surface area contributed by atoms with E-state index < -0.39 is 0 Å². The van der Waals surface area contributed by atoms with Crippen molar-refractivity contribution in [3.8, 4) is 0 Å². The number of carbonyl (C=O) groups is 2. The zero-order valence-corrected chi connectivity index (χ0v) is 16.1. The van der Waals surface area contributed by atoms with Crippen LogP contribution in [0.25, 0.3) is 0 Å². The molecule has 3 rings (SSSR count). The Hall–Kier alpha value is -2.87. The topological polar surface area (TPSA) is 110 Å². The van der Waals surface area contributed by atoms with E-state index in [0.717, 1.165) is 18.4 Å². The quantitative estimate of drug-likeness (QED) is 0.793. The molecule has 9 heteroatoms. The molecule has 8 nitrogen and oxygen atoms in total. The van der Waals surface area contributed by atoms with Gasteiger partial charge in [-0.1, -0.05) is 41.9 Å². The van der Waals surface area contributed by atoms with Crippen molar-refractivity contribution in [3.05, 3.63) is 52.7 Å². The standard InChI is InChI=1S/C19H22ClN5O3/c20-16-10-15(17(21)24-23-16)18(26)22-11-13-6-8-25(9-7-13)19(27)28-12-14-4-2-1-3-5-14/h1-5,10,13H,6-9,11-12H2,(H2,21,24)(H,22,26). The first-order valence-corrected chi connectivity index (χ1v) is 9.43. The second-order valence-corrected chi connectivity index (χ2v) is 7.03. The van der Waals surface area contributed by atoms with Gasteiger partial charge >= 0.3 is 6.09 Å². The Morgan fingerprint density at radius 1 is 1.21 bits per heavy atom. The van der Waals surface area contributed by atoms with Crippen LogP contribution in [0, 0.1) is 5.92 Å². The number of anilines is 1. The number of carbonyl (C=O) groups excluding carboxylic acids is 2. The fourth-order valence-electron chi connectivity index (χ4n) is 3.02. The molecule has 0 spiro atoms. The van der Waals surface area contributed by atoms with Crippen molar-refractivity contribution in [1.82, 2.24) is 20.4 Å². The highest BCUT2D eigenvalue weighted by molar-refractivity contribution is 6.29. The summed E-state index contributed by atoms with van der Waals surface area (Å²) in [7, 11) is 0. The molecule has 1 aromatic carbocycles. The number of nitrogens with zero attached hydrogens (tertiary/aromatic N) is 3. The number of piperidine rings is 1. The van der Waals surface area contributed by atoms with Gasteiger partial charge in [0, 0.05) is 19.6 Å². The highest BCUT2D eigenvalue weighted by Gasteiger charge is 2.24. The van der Waals surface area contributed by atoms with Crippen molar-refractivity contribution >= 4 is 29.4 Å². The van der Waals surface area contributed by atoms with E-state index in [-0.39, 0.29) is 41.1 Å². The molecule has 1 aromatic heterocycles. The average Bonchev–Trinajstić information content (AvgIpc) is 2.73. The molecule has 0 bridgehead atoms. The lowest BCUT2D eigenvalue weighted by Crippen LogP contribution is -2.41. The lowest BCUT2D eigenvalue weighted by molar-refractivity contribution is 0.0801. The van der Waals surface area contributed by atoms with E-state index in [1.165, 1.54) is 6.07 Å². The van der Waals surface area contributed by atoms with Crippen LogP contribution in [0.3, 0.4) is 0 Å². The summed E-state index contributed by atoms with van der Waals surface area (Å²) in [5.74, 6) is -0.0227. The van der Waals surface area contributed by atoms with Gasteiger partial charge in [0.15, 0.2) is 11.0 Å². The number of benzene rings is 1. The van der Waals surface area contributed by atoms with Crippen LogP contribution in [-0.2, 0) is 11.3 Å². The number of nitrogen functional groups attached to an aromatic ring is 1. The second kappa shape index (κ2) is 9.36. The molecule has 148 valence electrons. The molecule has 1 aliphatic rings. The van der Waals surface area contributed by atoms with E-state index in [0.29, 0.717) is 19.6 Å². The van der Waals surface area contributed by atoms with Gasteiger partial charge in [-0.15, -0.1) is 10.2 Å². The molecule has 0 aliphatic carbocycles. The van der Waals surface area contributed by atoms with Gasteiger partial charge in [0.05, 0.1) is 5.56 Å². The normalized spacial score (nSPS) is 14.5. The molecular formula is C19H22ClN5O3. The van der Waals surface area contributed by atoms with Crippen LogP contribution in [0.2, 0.25) is 5.15 Å². The van der Waals surface area contributed by atoms with Crippen LogP contribution in [0.5, 0.6) is 0 Å². The number of ether oxygens (including phenoxy) is 1. The molecule has 0 unspecified atom stereocenters. The number of amides is 2. The third-order valence-corrected chi connectivity index (χ3v) is 4.85. The maximum absolute atomic E-state index is 12.3. The number of halogens is 1. The van der Waals surface area contributed by atoms with E-state index in [1.54, 1.807) is 4.90 Å². The summed E-state index contributed by atoms with van der Waals surface area (Å²) in [4.78, 5) is 26.1. The highest BCUT2D eigenvalue weighted by atomic mass is 35.5. The molecular weight excluding hydrogens is 382 g/mol. The molecule has 2 heterocycles. The van der Waals surface area contributed by atoms with Crippen molar-refractivity contribution in [2.75, 3.05) is 25.4 Å². The van der Waals surface area contributed by atoms with Crippen LogP contribution < -0.4 is 11.1 Å². The Labute approximate surface area is 168 Å². The predicted octanol–water partition coefficient (Wildman–Crippen LogP) is 2.49. The van der Waals surface area contributed by atoms with E-state index in [2.05, 4.69) is 15.5 Å². The first-order valence-electron chi connectivity index (χ1n) is 9.05. The maximum Gasteiger partial charge on any atom is 0.410 e. The van der Waals surface area contributed by atoms with Gasteiger partial charge in [-0.2, -0.15) is 0 Å². The Bertz CT molecular complexity index is 826. The van der Waals surface area contributed by atoms with Gasteiger partial charge in [0.25, 0.3) is 5.91 Å². The summed E-state index contributed by atoms with van der Waals surface area (Å²) >= 11 is 5.76. The van der Waals surface area contributed by atoms with Crippen LogP contribution in [0.4, 0.5) is 10.6 Å². The van der Waals surface area contributed by atoms with Crippen molar-refractivity contribution in [2.45, 2.75) is 19.4 Å². The predicted molar refractivity (Wildman–Crippen MR) is 105 cm³/mol. The zero-order chi connectivity index (χ0) is 19.9. The minimum Gasteiger partial charge on any atom is -0.445 e. The van der Waals surface area contributed by atoms with Gasteiger partial charge in [-0.05, 0) is 30.4 Å². The van der Waals surface area contributed by atoms with Gasteiger partial charge < -0.3 is 20.7 Å². The number of rotatable bonds is 5. The summed E-state index contributed by atoms with van der Waals surface area (Å²) in [6.07, 6.45) is 1.26. The molecule has 28 heavy (non-hydrogen) atoms. The van der Waals surface area contributed by atoms with Crippen molar-refractivity contribution < 1.29 is 14.3 Å². The van der Waals surface area contributed by atoms with Crippen LogP contribution in [-0.4, -0.2) is 46.7 Å². The van der Waals surface area contributed by atoms with Crippen LogP contribution >= 0.6 is 11.6 Å². The number of aromatic nitrogens is 2. The van der Waals surface area contributed by atoms with Crippen molar-refractivity contribution in [3.63, 3.8) is 0 Å². The van der Waals surface area contributed by atoms with E-state index in [9.17, 15) is 9.59 Å². The lowest BCUT2D eigenvalue weighted by Gasteiger charge is -2.31. The summed E-state index contributed by atoms with van der Waals surface area (Å²) < 4.78 is 5.36. The Kier molecular flexibility index (Phi) is 6.65. The maximum atomic E-state index is 12.3. The Morgan fingerprint density at radius 3 is 2.64 bits per heavy atom. The summed E-state index contributed by atoms with van der Waals surface area (Å²) in [5, 5.41) is 10.2. The molecule has 2 amide bonds. The number of hydrogen-bond donors (Lipinski definition) is 2. The number of likely N-dealkylation sites (tertiary alicyclic amines) is 1. The minimum absolute atomic E-state index is 0.0397. The van der Waals surface area contributed by atoms with Crippen molar-refractivity contribution in [2.24, 2.45) is 5.92 Å². The van der Waals surface area contributed by atoms with Gasteiger partial charge in [0.1, 0.15) is 6.61 Å². The number of nitrogens with one attached hydrogen (secondary N) is 1. The summed E-state index contributed by atoms with van der Waals surface area (Å²) in [6.45, 7) is 1.95. The first-order chi connectivity index (χ1) is 13.5. The van der Waals surface area contributed by atoms with Gasteiger partial charge in [-0.3, -0.25) is 4.79 Å². The fraction of sp³-hybridized carbons (Fsp3) is 0.368. The second-order valence-electron chi connectivity index (χ2n) is 6.65. The largest absolute Gasteiger partial charge is 0.445 e. The first kappa shape index (κ1) is 19.9. The van der Waals surface area contributed by atoms with Crippen LogP contribution in [0.15, 0.2) is 36.4 Å². The molecule has 0 radical (unpaired) electrons. The summed E-state index contributed by atoms with van der Waals surface area (Å²) in [5.41, 5.74) is 6.84. The molecule has 1 aliphatic heterocycles. The summed E-state index contributed by atoms with van der Waals surface area (Å²) in [6, 6.07) is 11.0. The van der Waals surface area contributed by atoms with E-state index >= 15 is 0 Å². The minimum atomic E-state index is -0.334. The molecule has 3 N–H and O–H groups in total. The Balaban J connectivity index is 1.41.